The smallest absolute Gasteiger partial charge is 0.249 e. The fourth-order valence-electron chi connectivity index (χ4n) is 5.33. The van der Waals surface area contributed by atoms with Crippen molar-refractivity contribution in [3.63, 3.8) is 0 Å². The summed E-state index contributed by atoms with van der Waals surface area (Å²) < 4.78 is 75.5. The Hall–Kier alpha value is -3.31. The van der Waals surface area contributed by atoms with Gasteiger partial charge in [-0.1, -0.05) is 0 Å². The Kier molecular flexibility index (Phi) is 9.01. The van der Waals surface area contributed by atoms with Crippen molar-refractivity contribution < 1.29 is 36.7 Å². The van der Waals surface area contributed by atoms with Crippen LogP contribution in [0, 0.1) is 28.7 Å². The maximum absolute atomic E-state index is 15.6. The number of nitrogens with one attached hydrogen (secondary N) is 1. The van der Waals surface area contributed by atoms with E-state index >= 15 is 4.39 Å². The predicted molar refractivity (Wildman–Crippen MR) is 134 cm³/mol. The molecule has 4 rings (SSSR count). The van der Waals surface area contributed by atoms with Gasteiger partial charge in [-0.25, -0.2) is 27.4 Å². The van der Waals surface area contributed by atoms with Gasteiger partial charge in [0.15, 0.2) is 17.5 Å². The minimum atomic E-state index is -1.72. The molecule has 2 N–H and O–H groups in total. The number of alkyl halides is 1. The number of aromatic nitrogens is 1. The number of hydroxylamine groups is 1. The van der Waals surface area contributed by atoms with E-state index in [1.807, 2.05) is 0 Å². The number of nitrogens with zero attached hydrogens (tertiary/aromatic N) is 2. The molecule has 1 amide bonds. The van der Waals surface area contributed by atoms with Crippen molar-refractivity contribution in [2.45, 2.75) is 44.7 Å². The first-order valence-corrected chi connectivity index (χ1v) is 12.7. The zero-order valence-corrected chi connectivity index (χ0v) is 21.5. The quantitative estimate of drug-likeness (QED) is 0.144. The van der Waals surface area contributed by atoms with Gasteiger partial charge >= 0.3 is 0 Å². The summed E-state index contributed by atoms with van der Waals surface area (Å²) in [5, 5.41) is 9.69. The molecular weight excluding hydrogens is 521 g/mol. The van der Waals surface area contributed by atoms with Gasteiger partial charge in [0.2, 0.25) is 5.91 Å². The highest BCUT2D eigenvalue weighted by molar-refractivity contribution is 5.84. The van der Waals surface area contributed by atoms with Crippen LogP contribution in [0.4, 0.5) is 22.0 Å². The number of hydrogen-bond acceptors (Lipinski definition) is 5. The van der Waals surface area contributed by atoms with Crippen molar-refractivity contribution in [1.82, 2.24) is 15.4 Å². The number of fused-ring (bicyclic) bond motifs is 1. The number of hydrogen-bond donors (Lipinski definition) is 2. The molecule has 0 spiro atoms. The first-order valence-electron chi connectivity index (χ1n) is 12.7. The highest BCUT2D eigenvalue weighted by Gasteiger charge is 2.41. The summed E-state index contributed by atoms with van der Waals surface area (Å²) in [4.78, 5) is 18.8. The van der Waals surface area contributed by atoms with Gasteiger partial charge < -0.3 is 9.64 Å². The average molecular weight is 552 g/mol. The van der Waals surface area contributed by atoms with E-state index in [2.05, 4.69) is 9.88 Å². The van der Waals surface area contributed by atoms with Gasteiger partial charge in [-0.15, -0.1) is 0 Å². The second kappa shape index (κ2) is 12.3. The lowest BCUT2D eigenvalue weighted by Gasteiger charge is -2.40. The Morgan fingerprint density at radius 3 is 2.46 bits per heavy atom. The number of halogens is 5. The van der Waals surface area contributed by atoms with E-state index in [0.717, 1.165) is 18.3 Å². The number of aryl methyl sites for hydroxylation is 1. The molecule has 210 valence electrons. The number of benzene rings is 2. The van der Waals surface area contributed by atoms with Crippen LogP contribution in [0.15, 0.2) is 36.5 Å². The van der Waals surface area contributed by atoms with Crippen LogP contribution in [0.2, 0.25) is 0 Å². The fraction of sp³-hybridized carbons (Fsp3) is 0.429. The lowest BCUT2D eigenvalue weighted by Crippen LogP contribution is -2.48. The third-order valence-corrected chi connectivity index (χ3v) is 7.64. The number of amides is 1. The van der Waals surface area contributed by atoms with Gasteiger partial charge in [0.1, 0.15) is 17.7 Å². The molecule has 1 aliphatic heterocycles. The van der Waals surface area contributed by atoms with Crippen molar-refractivity contribution >= 4 is 16.8 Å². The van der Waals surface area contributed by atoms with Crippen LogP contribution in [0.1, 0.15) is 49.4 Å². The first kappa shape index (κ1) is 28.7. The SMILES string of the molecule is COc1ccc2ncc(F)c([C@H](F)CCC3(C(=O)NO)CCN(CCCc4cc(F)c(F)c(F)c4)CC3)c2c1. The Balaban J connectivity index is 1.39. The van der Waals surface area contributed by atoms with E-state index in [1.54, 1.807) is 17.6 Å². The summed E-state index contributed by atoms with van der Waals surface area (Å²) in [6.07, 6.45) is 0.734. The topological polar surface area (TPSA) is 74.7 Å². The molecule has 1 aliphatic rings. The van der Waals surface area contributed by atoms with E-state index in [9.17, 15) is 27.6 Å². The van der Waals surface area contributed by atoms with Crippen LogP contribution in [-0.2, 0) is 11.2 Å². The van der Waals surface area contributed by atoms with Crippen molar-refractivity contribution in [3.05, 3.63) is 70.9 Å². The summed E-state index contributed by atoms with van der Waals surface area (Å²) in [7, 11) is 1.45. The van der Waals surface area contributed by atoms with E-state index in [1.165, 1.54) is 13.2 Å². The summed E-state index contributed by atoms with van der Waals surface area (Å²) in [5.41, 5.74) is 1.27. The highest BCUT2D eigenvalue weighted by atomic mass is 19.2. The minimum Gasteiger partial charge on any atom is -0.497 e. The molecule has 1 saturated heterocycles. The number of carbonyl (C=O) groups excluding carboxylic acids is 1. The van der Waals surface area contributed by atoms with Crippen LogP contribution < -0.4 is 10.2 Å². The Morgan fingerprint density at radius 1 is 1.13 bits per heavy atom. The van der Waals surface area contributed by atoms with Crippen LogP contribution in [0.25, 0.3) is 10.9 Å². The molecule has 11 heteroatoms. The lowest BCUT2D eigenvalue weighted by atomic mass is 9.73. The van der Waals surface area contributed by atoms with Gasteiger partial charge in [0.25, 0.3) is 0 Å². The Bertz CT molecular complexity index is 1310. The van der Waals surface area contributed by atoms with E-state index in [0.29, 0.717) is 67.5 Å². The number of carbonyl (C=O) groups is 1. The van der Waals surface area contributed by atoms with Crippen LogP contribution in [0.5, 0.6) is 5.75 Å². The molecule has 0 saturated carbocycles. The molecule has 2 aromatic carbocycles. The van der Waals surface area contributed by atoms with Gasteiger partial charge in [0.05, 0.1) is 24.2 Å². The molecule has 2 heterocycles. The van der Waals surface area contributed by atoms with Gasteiger partial charge in [-0.3, -0.25) is 15.0 Å². The highest BCUT2D eigenvalue weighted by Crippen LogP contribution is 2.41. The zero-order valence-electron chi connectivity index (χ0n) is 21.5. The summed E-state index contributed by atoms with van der Waals surface area (Å²) in [6.45, 7) is 1.51. The lowest BCUT2D eigenvalue weighted by molar-refractivity contribution is -0.143. The molecule has 0 bridgehead atoms. The number of pyridine rings is 1. The second-order valence-corrected chi connectivity index (χ2v) is 9.95. The van der Waals surface area contributed by atoms with Gasteiger partial charge in [0, 0.05) is 10.9 Å². The van der Waals surface area contributed by atoms with Crippen LogP contribution in [-0.4, -0.2) is 47.7 Å². The molecule has 0 radical (unpaired) electrons. The van der Waals surface area contributed by atoms with E-state index in [4.69, 9.17) is 4.74 Å². The van der Waals surface area contributed by atoms with E-state index in [-0.39, 0.29) is 18.4 Å². The first-order chi connectivity index (χ1) is 18.7. The molecule has 1 atom stereocenters. The minimum absolute atomic E-state index is 0.0791. The van der Waals surface area contributed by atoms with Crippen molar-refractivity contribution in [1.29, 1.82) is 0 Å². The monoisotopic (exact) mass is 551 g/mol. The Labute approximate surface area is 222 Å². The molecular formula is C28H30F5N3O3. The Morgan fingerprint density at radius 2 is 1.82 bits per heavy atom. The van der Waals surface area contributed by atoms with E-state index < -0.39 is 40.8 Å². The maximum Gasteiger partial charge on any atom is 0.249 e. The molecule has 0 aliphatic carbocycles. The van der Waals surface area contributed by atoms with Crippen molar-refractivity contribution in [2.24, 2.45) is 5.41 Å². The number of ether oxygens (including phenoxy) is 1. The average Bonchev–Trinajstić information content (AvgIpc) is 2.94. The molecule has 1 aromatic heterocycles. The molecule has 39 heavy (non-hydrogen) atoms. The molecule has 3 aromatic rings. The van der Waals surface area contributed by atoms with Crippen LogP contribution in [0.3, 0.4) is 0 Å². The summed E-state index contributed by atoms with van der Waals surface area (Å²) in [6, 6.07) is 6.74. The van der Waals surface area contributed by atoms with Gasteiger partial charge in [-0.05, 0) is 94.1 Å². The van der Waals surface area contributed by atoms with Crippen LogP contribution >= 0.6 is 0 Å². The number of rotatable bonds is 10. The predicted octanol–water partition coefficient (Wildman–Crippen LogP) is 5.81. The fourth-order valence-corrected chi connectivity index (χ4v) is 5.33. The standard InChI is InChI=1S/C28H30F5N3O3/c1-39-18-4-5-24-19(15-18)25(23(32)16-34-24)20(29)6-7-28(27(37)35-38)8-11-36(12-9-28)10-2-3-17-13-21(30)26(33)22(31)14-17/h4-5,13-16,20,38H,2-3,6-12H2,1H3,(H,35,37)/t20-/m1/s1. The second-order valence-electron chi connectivity index (χ2n) is 9.95. The van der Waals surface area contributed by atoms with Gasteiger partial charge in [-0.2, -0.15) is 0 Å². The molecule has 1 fully saturated rings. The normalized spacial score (nSPS) is 16.3. The van der Waals surface area contributed by atoms with Crippen molar-refractivity contribution in [3.8, 4) is 5.75 Å². The third kappa shape index (κ3) is 6.30. The molecule has 6 nitrogen and oxygen atoms in total. The molecule has 0 unspecified atom stereocenters. The third-order valence-electron chi connectivity index (χ3n) is 7.64. The number of methoxy groups -OCH3 is 1. The van der Waals surface area contributed by atoms with Crippen molar-refractivity contribution in [2.75, 3.05) is 26.7 Å². The largest absolute Gasteiger partial charge is 0.497 e. The summed E-state index contributed by atoms with van der Waals surface area (Å²) in [5.74, 6) is -4.93. The number of likely N-dealkylation sites (tertiary alicyclic amines) is 1. The number of piperidine rings is 1. The zero-order chi connectivity index (χ0) is 28.2. The summed E-state index contributed by atoms with van der Waals surface area (Å²) >= 11 is 0. The maximum atomic E-state index is 15.6.